The first-order chi connectivity index (χ1) is 13.5. The molecule has 0 aliphatic carbocycles. The van der Waals surface area contributed by atoms with E-state index in [0.29, 0.717) is 24.7 Å². The molecular formula is C18H26N6O4. The summed E-state index contributed by atoms with van der Waals surface area (Å²) in [6.07, 6.45) is -2.11. The summed E-state index contributed by atoms with van der Waals surface area (Å²) in [5.74, 6) is 5.62. The van der Waals surface area contributed by atoms with Crippen LogP contribution >= 0.6 is 0 Å². The van der Waals surface area contributed by atoms with E-state index in [1.54, 1.807) is 0 Å². The molecule has 0 radical (unpaired) electrons. The van der Waals surface area contributed by atoms with Crippen LogP contribution in [-0.2, 0) is 4.79 Å². The number of hydrogen-bond donors (Lipinski definition) is 6. The second-order valence-corrected chi connectivity index (χ2v) is 6.17. The molecule has 2 atom stereocenters. The third-order valence-corrected chi connectivity index (χ3v) is 3.77. The van der Waals surface area contributed by atoms with Crippen molar-refractivity contribution in [2.45, 2.75) is 19.1 Å². The fraction of sp³-hybridized carbons (Fsp3) is 0.389. The molecule has 0 aliphatic heterocycles. The van der Waals surface area contributed by atoms with Gasteiger partial charge in [-0.25, -0.2) is 5.84 Å². The maximum absolute atomic E-state index is 11.9. The number of aliphatic hydroxyl groups excluding tert-OH is 2. The summed E-state index contributed by atoms with van der Waals surface area (Å²) in [5, 5.41) is 32.9. The first kappa shape index (κ1) is 21.5. The van der Waals surface area contributed by atoms with Crippen molar-refractivity contribution >= 4 is 11.7 Å². The predicted molar refractivity (Wildman–Crippen MR) is 103 cm³/mol. The number of aliphatic hydroxyl groups is 2. The molecule has 0 saturated heterocycles. The van der Waals surface area contributed by atoms with E-state index in [1.165, 1.54) is 12.1 Å². The molecule has 1 aromatic carbocycles. The van der Waals surface area contributed by atoms with Gasteiger partial charge >= 0.3 is 0 Å². The summed E-state index contributed by atoms with van der Waals surface area (Å²) in [7, 11) is 0. The molecule has 2 rings (SSSR count). The highest BCUT2D eigenvalue weighted by molar-refractivity contribution is 5.81. The first-order valence-electron chi connectivity index (χ1n) is 8.84. The number of aryl methyl sites for hydroxylation is 1. The van der Waals surface area contributed by atoms with E-state index in [0.717, 1.165) is 5.56 Å². The average Bonchev–Trinajstić information content (AvgIpc) is 2.71. The molecule has 10 nitrogen and oxygen atoms in total. The SMILES string of the molecule is Cc1cccc(OCC(O)CNCCNC(=O)C(O)c2ccc(NN)nn2)c1. The van der Waals surface area contributed by atoms with Crippen LogP contribution in [0.5, 0.6) is 5.75 Å². The van der Waals surface area contributed by atoms with Gasteiger partial charge in [-0.1, -0.05) is 12.1 Å². The van der Waals surface area contributed by atoms with Gasteiger partial charge in [0.25, 0.3) is 5.91 Å². The normalized spacial score (nSPS) is 12.9. The van der Waals surface area contributed by atoms with Gasteiger partial charge in [-0.3, -0.25) is 4.79 Å². The summed E-state index contributed by atoms with van der Waals surface area (Å²) in [6, 6.07) is 10.5. The van der Waals surface area contributed by atoms with E-state index in [4.69, 9.17) is 10.6 Å². The van der Waals surface area contributed by atoms with E-state index in [9.17, 15) is 15.0 Å². The Morgan fingerprint density at radius 3 is 2.71 bits per heavy atom. The average molecular weight is 390 g/mol. The Labute approximate surface area is 163 Å². The maximum atomic E-state index is 11.9. The van der Waals surface area contributed by atoms with Gasteiger partial charge in [-0.2, -0.15) is 5.10 Å². The fourth-order valence-electron chi connectivity index (χ4n) is 2.30. The van der Waals surface area contributed by atoms with Gasteiger partial charge in [0.2, 0.25) is 0 Å². The highest BCUT2D eigenvalue weighted by Gasteiger charge is 2.18. The smallest absolute Gasteiger partial charge is 0.255 e. The number of anilines is 1. The summed E-state index contributed by atoms with van der Waals surface area (Å²) in [5.41, 5.74) is 3.51. The van der Waals surface area contributed by atoms with Crippen LogP contribution in [0.1, 0.15) is 17.4 Å². The molecule has 0 bridgehead atoms. The van der Waals surface area contributed by atoms with E-state index in [-0.39, 0.29) is 18.8 Å². The zero-order valence-corrected chi connectivity index (χ0v) is 15.6. The molecule has 152 valence electrons. The number of nitrogens with zero attached hydrogens (tertiary/aromatic N) is 2. The Kier molecular flexibility index (Phi) is 8.56. The monoisotopic (exact) mass is 390 g/mol. The number of benzene rings is 1. The van der Waals surface area contributed by atoms with Crippen LogP contribution in [0.4, 0.5) is 5.82 Å². The number of rotatable bonds is 11. The number of nitrogens with one attached hydrogen (secondary N) is 3. The van der Waals surface area contributed by atoms with E-state index in [1.807, 2.05) is 31.2 Å². The molecule has 0 spiro atoms. The first-order valence-corrected chi connectivity index (χ1v) is 8.84. The Morgan fingerprint density at radius 2 is 2.04 bits per heavy atom. The minimum Gasteiger partial charge on any atom is -0.491 e. The van der Waals surface area contributed by atoms with Crippen molar-refractivity contribution in [3.8, 4) is 5.75 Å². The molecule has 2 unspecified atom stereocenters. The lowest BCUT2D eigenvalue weighted by molar-refractivity contribution is -0.129. The second kappa shape index (κ2) is 11.1. The van der Waals surface area contributed by atoms with Gasteiger partial charge in [0, 0.05) is 19.6 Å². The van der Waals surface area contributed by atoms with Crippen LogP contribution in [-0.4, -0.2) is 58.7 Å². The molecule has 7 N–H and O–H groups in total. The Hall–Kier alpha value is -2.79. The maximum Gasteiger partial charge on any atom is 0.255 e. The molecular weight excluding hydrogens is 364 g/mol. The predicted octanol–water partition coefficient (Wildman–Crippen LogP) is -0.750. The summed E-state index contributed by atoms with van der Waals surface area (Å²) in [6.45, 7) is 3.13. The largest absolute Gasteiger partial charge is 0.491 e. The number of carbonyl (C=O) groups excluding carboxylic acids is 1. The Morgan fingerprint density at radius 1 is 1.21 bits per heavy atom. The number of hydrogen-bond acceptors (Lipinski definition) is 9. The third kappa shape index (κ3) is 7.08. The van der Waals surface area contributed by atoms with Crippen molar-refractivity contribution in [3.05, 3.63) is 47.7 Å². The highest BCUT2D eigenvalue weighted by atomic mass is 16.5. The molecule has 28 heavy (non-hydrogen) atoms. The van der Waals surface area contributed by atoms with Crippen molar-refractivity contribution in [1.82, 2.24) is 20.8 Å². The van der Waals surface area contributed by atoms with Crippen LogP contribution in [0, 0.1) is 6.92 Å². The number of aromatic nitrogens is 2. The number of nitrogens with two attached hydrogens (primary N) is 1. The number of carbonyl (C=O) groups is 1. The lowest BCUT2D eigenvalue weighted by Crippen LogP contribution is -2.38. The van der Waals surface area contributed by atoms with Crippen LogP contribution < -0.4 is 26.6 Å². The highest BCUT2D eigenvalue weighted by Crippen LogP contribution is 2.12. The number of nitrogen functional groups attached to an aromatic ring is 1. The van der Waals surface area contributed by atoms with Crippen LogP contribution in [0.15, 0.2) is 36.4 Å². The molecule has 1 aromatic heterocycles. The van der Waals surface area contributed by atoms with Gasteiger partial charge in [-0.05, 0) is 36.8 Å². The lowest BCUT2D eigenvalue weighted by Gasteiger charge is -2.14. The van der Waals surface area contributed by atoms with E-state index < -0.39 is 18.1 Å². The third-order valence-electron chi connectivity index (χ3n) is 3.77. The van der Waals surface area contributed by atoms with E-state index in [2.05, 4.69) is 26.3 Å². The number of hydrazine groups is 1. The Balaban J connectivity index is 1.60. The zero-order valence-electron chi connectivity index (χ0n) is 15.6. The molecule has 2 aromatic rings. The molecule has 0 aliphatic rings. The minimum absolute atomic E-state index is 0.119. The molecule has 10 heteroatoms. The van der Waals surface area contributed by atoms with Crippen molar-refractivity contribution < 1.29 is 19.7 Å². The molecule has 0 saturated carbocycles. The minimum atomic E-state index is -1.42. The van der Waals surface area contributed by atoms with Crippen LogP contribution in [0.25, 0.3) is 0 Å². The van der Waals surface area contributed by atoms with Gasteiger partial charge in [-0.15, -0.1) is 5.10 Å². The summed E-state index contributed by atoms with van der Waals surface area (Å²) in [4.78, 5) is 11.9. The summed E-state index contributed by atoms with van der Waals surface area (Å²) >= 11 is 0. The topological polar surface area (TPSA) is 155 Å². The second-order valence-electron chi connectivity index (χ2n) is 6.17. The number of ether oxygens (including phenoxy) is 1. The van der Waals surface area contributed by atoms with Gasteiger partial charge in [0.1, 0.15) is 24.2 Å². The molecule has 1 heterocycles. The van der Waals surface area contributed by atoms with E-state index >= 15 is 0 Å². The van der Waals surface area contributed by atoms with Crippen LogP contribution in [0.2, 0.25) is 0 Å². The van der Waals surface area contributed by atoms with Crippen molar-refractivity contribution in [2.75, 3.05) is 31.7 Å². The fourth-order valence-corrected chi connectivity index (χ4v) is 2.30. The molecule has 0 fully saturated rings. The zero-order chi connectivity index (χ0) is 20.4. The lowest BCUT2D eigenvalue weighted by atomic mass is 10.2. The van der Waals surface area contributed by atoms with Crippen LogP contribution in [0.3, 0.4) is 0 Å². The Bertz CT molecular complexity index is 743. The number of amides is 1. The quantitative estimate of drug-likeness (QED) is 0.165. The van der Waals surface area contributed by atoms with Gasteiger partial charge in [0.15, 0.2) is 11.9 Å². The van der Waals surface area contributed by atoms with Crippen molar-refractivity contribution in [2.24, 2.45) is 5.84 Å². The van der Waals surface area contributed by atoms with Gasteiger partial charge < -0.3 is 31.0 Å². The summed E-state index contributed by atoms with van der Waals surface area (Å²) < 4.78 is 5.52. The van der Waals surface area contributed by atoms with Gasteiger partial charge in [0.05, 0.1) is 0 Å². The standard InChI is InChI=1S/C18H26N6O4/c1-12-3-2-4-14(9-12)28-11-13(25)10-20-7-8-21-18(27)17(26)15-5-6-16(22-19)24-23-15/h2-6,9,13,17,20,25-26H,7-8,10-11,19H2,1H3,(H,21,27)(H,22,24). The molecule has 1 amide bonds. The van der Waals surface area contributed by atoms with Crippen molar-refractivity contribution in [3.63, 3.8) is 0 Å². The van der Waals surface area contributed by atoms with Crippen molar-refractivity contribution in [1.29, 1.82) is 0 Å².